The predicted octanol–water partition coefficient (Wildman–Crippen LogP) is 2.63. The van der Waals surface area contributed by atoms with Crippen molar-refractivity contribution < 1.29 is 5.11 Å². The van der Waals surface area contributed by atoms with Crippen LogP contribution in [0.3, 0.4) is 0 Å². The van der Waals surface area contributed by atoms with Gasteiger partial charge in [0, 0.05) is 0 Å². The van der Waals surface area contributed by atoms with Crippen LogP contribution in [0.1, 0.15) is 31.6 Å². The van der Waals surface area contributed by atoms with Crippen molar-refractivity contribution in [2.24, 2.45) is 0 Å². The summed E-state index contributed by atoms with van der Waals surface area (Å²) in [5.74, 6) is 0. The third-order valence-electron chi connectivity index (χ3n) is 2.72. The standard InChI is InChI=1S/C10H14ClN3OS/c1-3-10(4-2,6-15)14-9-13-8(11)7(5-12)16-9/h15H,3-4,6H2,1-2H3,(H,13,14). The maximum absolute atomic E-state index is 9.39. The predicted molar refractivity (Wildman–Crippen MR) is 65.9 cm³/mol. The maximum Gasteiger partial charge on any atom is 0.185 e. The molecule has 0 spiro atoms. The van der Waals surface area contributed by atoms with Gasteiger partial charge in [0.25, 0.3) is 0 Å². The van der Waals surface area contributed by atoms with Crippen LogP contribution in [0.5, 0.6) is 0 Å². The van der Waals surface area contributed by atoms with Gasteiger partial charge in [0.15, 0.2) is 10.3 Å². The van der Waals surface area contributed by atoms with Crippen molar-refractivity contribution in [1.29, 1.82) is 5.26 Å². The lowest BCUT2D eigenvalue weighted by molar-refractivity contribution is 0.202. The molecular weight excluding hydrogens is 246 g/mol. The molecule has 4 nitrogen and oxygen atoms in total. The number of halogens is 1. The highest BCUT2D eigenvalue weighted by atomic mass is 35.5. The van der Waals surface area contributed by atoms with Crippen molar-refractivity contribution in [3.63, 3.8) is 0 Å². The number of aliphatic hydroxyl groups excluding tert-OH is 1. The number of hydrogen-bond donors (Lipinski definition) is 2. The molecule has 2 N–H and O–H groups in total. The minimum atomic E-state index is -0.381. The van der Waals surface area contributed by atoms with E-state index in [0.717, 1.165) is 12.8 Å². The molecule has 1 rings (SSSR count). The second kappa shape index (κ2) is 5.48. The molecule has 0 radical (unpaired) electrons. The third-order valence-corrected chi connectivity index (χ3v) is 3.98. The number of rotatable bonds is 5. The van der Waals surface area contributed by atoms with Crippen molar-refractivity contribution in [2.75, 3.05) is 11.9 Å². The highest BCUT2D eigenvalue weighted by molar-refractivity contribution is 7.16. The Labute approximate surface area is 104 Å². The lowest BCUT2D eigenvalue weighted by Gasteiger charge is -2.30. The van der Waals surface area contributed by atoms with Gasteiger partial charge in [-0.2, -0.15) is 5.26 Å². The molecule has 0 saturated heterocycles. The van der Waals surface area contributed by atoms with E-state index in [1.165, 1.54) is 11.3 Å². The highest BCUT2D eigenvalue weighted by Crippen LogP contribution is 2.29. The largest absolute Gasteiger partial charge is 0.394 e. The second-order valence-corrected chi connectivity index (χ2v) is 4.88. The number of anilines is 1. The fourth-order valence-corrected chi connectivity index (χ4v) is 2.41. The summed E-state index contributed by atoms with van der Waals surface area (Å²) in [4.78, 5) is 4.44. The van der Waals surface area contributed by atoms with E-state index in [4.69, 9.17) is 16.9 Å². The van der Waals surface area contributed by atoms with E-state index in [2.05, 4.69) is 10.3 Å². The molecule has 0 fully saturated rings. The molecule has 1 aromatic rings. The van der Waals surface area contributed by atoms with Gasteiger partial charge in [-0.15, -0.1) is 0 Å². The topological polar surface area (TPSA) is 68.9 Å². The molecule has 1 aromatic heterocycles. The van der Waals surface area contributed by atoms with Gasteiger partial charge in [-0.1, -0.05) is 36.8 Å². The molecule has 1 heterocycles. The van der Waals surface area contributed by atoms with Crippen LogP contribution in [-0.4, -0.2) is 22.2 Å². The molecule has 0 unspecified atom stereocenters. The summed E-state index contributed by atoms with van der Waals surface area (Å²) in [7, 11) is 0. The summed E-state index contributed by atoms with van der Waals surface area (Å²) in [5, 5.41) is 22.1. The van der Waals surface area contributed by atoms with Gasteiger partial charge in [-0.3, -0.25) is 0 Å². The van der Waals surface area contributed by atoms with E-state index in [9.17, 15) is 5.11 Å². The number of hydrogen-bond acceptors (Lipinski definition) is 5. The smallest absolute Gasteiger partial charge is 0.185 e. The number of thiazole rings is 1. The van der Waals surface area contributed by atoms with Gasteiger partial charge >= 0.3 is 0 Å². The molecule has 6 heteroatoms. The van der Waals surface area contributed by atoms with Crippen LogP contribution < -0.4 is 5.32 Å². The van der Waals surface area contributed by atoms with Gasteiger partial charge in [0.05, 0.1) is 12.1 Å². The molecule has 16 heavy (non-hydrogen) atoms. The zero-order valence-electron chi connectivity index (χ0n) is 9.25. The zero-order chi connectivity index (χ0) is 12.2. The molecule has 0 aliphatic carbocycles. The normalized spacial score (nSPS) is 11.2. The summed E-state index contributed by atoms with van der Waals surface area (Å²) >= 11 is 6.98. The quantitative estimate of drug-likeness (QED) is 0.853. The summed E-state index contributed by atoms with van der Waals surface area (Å²) in [6.45, 7) is 4.01. The highest BCUT2D eigenvalue weighted by Gasteiger charge is 2.26. The number of aliphatic hydroxyl groups is 1. The summed E-state index contributed by atoms with van der Waals surface area (Å²) in [5.41, 5.74) is -0.381. The van der Waals surface area contributed by atoms with Crippen LogP contribution in [0.25, 0.3) is 0 Å². The van der Waals surface area contributed by atoms with Crippen LogP contribution in [0, 0.1) is 11.3 Å². The first-order chi connectivity index (χ1) is 7.60. The van der Waals surface area contributed by atoms with Gasteiger partial charge in [0.1, 0.15) is 10.9 Å². The minimum absolute atomic E-state index is 0.0269. The van der Waals surface area contributed by atoms with Crippen LogP contribution in [0.4, 0.5) is 5.13 Å². The van der Waals surface area contributed by atoms with E-state index < -0.39 is 0 Å². The Morgan fingerprint density at radius 1 is 1.56 bits per heavy atom. The van der Waals surface area contributed by atoms with Gasteiger partial charge in [0.2, 0.25) is 0 Å². The Balaban J connectivity index is 2.90. The molecule has 0 aliphatic rings. The van der Waals surface area contributed by atoms with Gasteiger partial charge in [-0.05, 0) is 12.8 Å². The van der Waals surface area contributed by atoms with Crippen molar-refractivity contribution in [1.82, 2.24) is 4.98 Å². The maximum atomic E-state index is 9.39. The van der Waals surface area contributed by atoms with Gasteiger partial charge < -0.3 is 10.4 Å². The molecule has 0 aromatic carbocycles. The minimum Gasteiger partial charge on any atom is -0.394 e. The second-order valence-electron chi connectivity index (χ2n) is 3.52. The first-order valence-electron chi connectivity index (χ1n) is 5.06. The Hall–Kier alpha value is -0.830. The summed E-state index contributed by atoms with van der Waals surface area (Å²) in [6, 6.07) is 1.98. The van der Waals surface area contributed by atoms with E-state index >= 15 is 0 Å². The van der Waals surface area contributed by atoms with Gasteiger partial charge in [-0.25, -0.2) is 4.98 Å². The molecule has 0 amide bonds. The fraction of sp³-hybridized carbons (Fsp3) is 0.600. The monoisotopic (exact) mass is 259 g/mol. The molecule has 0 bridgehead atoms. The Bertz CT molecular complexity index is 387. The molecule has 0 saturated carbocycles. The van der Waals surface area contributed by atoms with E-state index in [1.54, 1.807) is 0 Å². The Morgan fingerprint density at radius 3 is 2.56 bits per heavy atom. The third kappa shape index (κ3) is 2.64. The molecule has 0 aliphatic heterocycles. The van der Waals surface area contributed by atoms with Crippen LogP contribution in [0.2, 0.25) is 5.15 Å². The average Bonchev–Trinajstić information content (AvgIpc) is 2.66. The van der Waals surface area contributed by atoms with E-state index in [1.807, 2.05) is 19.9 Å². The lowest BCUT2D eigenvalue weighted by atomic mass is 9.94. The number of aromatic nitrogens is 1. The summed E-state index contributed by atoms with van der Waals surface area (Å²) in [6.07, 6.45) is 1.55. The van der Waals surface area contributed by atoms with Crippen molar-refractivity contribution in [3.8, 4) is 6.07 Å². The van der Waals surface area contributed by atoms with Crippen molar-refractivity contribution in [3.05, 3.63) is 10.0 Å². The van der Waals surface area contributed by atoms with Crippen molar-refractivity contribution in [2.45, 2.75) is 32.2 Å². The summed E-state index contributed by atoms with van der Waals surface area (Å²) < 4.78 is 0. The Morgan fingerprint density at radius 2 is 2.19 bits per heavy atom. The number of nitrogens with zero attached hydrogens (tertiary/aromatic N) is 2. The van der Waals surface area contributed by atoms with E-state index in [0.29, 0.717) is 10.0 Å². The van der Waals surface area contributed by atoms with Crippen LogP contribution >= 0.6 is 22.9 Å². The SMILES string of the molecule is CCC(CC)(CO)Nc1nc(Cl)c(C#N)s1. The van der Waals surface area contributed by atoms with Crippen LogP contribution in [-0.2, 0) is 0 Å². The average molecular weight is 260 g/mol. The lowest BCUT2D eigenvalue weighted by Crippen LogP contribution is -2.40. The Kier molecular flexibility index (Phi) is 4.54. The first kappa shape index (κ1) is 13.2. The van der Waals surface area contributed by atoms with Crippen LogP contribution in [0.15, 0.2) is 0 Å². The first-order valence-corrected chi connectivity index (χ1v) is 6.25. The molecular formula is C10H14ClN3OS. The number of nitrogens with one attached hydrogen (secondary N) is 1. The zero-order valence-corrected chi connectivity index (χ0v) is 10.8. The van der Waals surface area contributed by atoms with E-state index in [-0.39, 0.29) is 17.3 Å². The molecule has 0 atom stereocenters. The number of nitriles is 1. The molecule has 88 valence electrons. The van der Waals surface area contributed by atoms with Crippen molar-refractivity contribution >= 4 is 28.1 Å². The fourth-order valence-electron chi connectivity index (χ4n) is 1.34.